The Morgan fingerprint density at radius 3 is 2.00 bits per heavy atom. The van der Waals surface area contributed by atoms with Crippen LogP contribution in [0.5, 0.6) is 0 Å². The average Bonchev–Trinajstić information content (AvgIpc) is 2.58. The van der Waals surface area contributed by atoms with Gasteiger partial charge in [-0.25, -0.2) is 8.78 Å². The van der Waals surface area contributed by atoms with Gasteiger partial charge < -0.3 is 0 Å². The van der Waals surface area contributed by atoms with Gasteiger partial charge in [-0.3, -0.25) is 0 Å². The van der Waals surface area contributed by atoms with Crippen LogP contribution in [0, 0.1) is 17.6 Å². The fraction of sp³-hybridized carbons (Fsp3) is 0.727. The van der Waals surface area contributed by atoms with Crippen LogP contribution in [0.15, 0.2) is 12.1 Å². The minimum Gasteiger partial charge on any atom is -0.207 e. The number of halogens is 2. The highest BCUT2D eigenvalue weighted by Crippen LogP contribution is 2.38. The summed E-state index contributed by atoms with van der Waals surface area (Å²) in [5.41, 5.74) is 1.18. The van der Waals surface area contributed by atoms with Crippen LogP contribution in [0.25, 0.3) is 0 Å². The van der Waals surface area contributed by atoms with E-state index in [1.54, 1.807) is 12.1 Å². The normalized spacial score (nSPS) is 21.2. The van der Waals surface area contributed by atoms with Crippen molar-refractivity contribution < 1.29 is 8.78 Å². The second-order valence-corrected chi connectivity index (χ2v) is 7.63. The van der Waals surface area contributed by atoms with E-state index in [4.69, 9.17) is 0 Å². The Kier molecular flexibility index (Phi) is 8.21. The predicted octanol–water partition coefficient (Wildman–Crippen LogP) is 7.55. The summed E-state index contributed by atoms with van der Waals surface area (Å²) in [5, 5.41) is 0. The molecule has 1 aliphatic rings. The lowest BCUT2D eigenvalue weighted by atomic mass is 9.77. The van der Waals surface area contributed by atoms with Crippen molar-refractivity contribution in [3.05, 3.63) is 34.9 Å². The first-order valence-corrected chi connectivity index (χ1v) is 10.1. The molecule has 1 aliphatic carbocycles. The lowest BCUT2D eigenvalue weighted by molar-refractivity contribution is 0.302. The van der Waals surface area contributed by atoms with Gasteiger partial charge in [0.2, 0.25) is 0 Å². The molecular weight excluding hydrogens is 302 g/mol. The van der Waals surface area contributed by atoms with Crippen molar-refractivity contribution in [1.29, 1.82) is 0 Å². The van der Waals surface area contributed by atoms with E-state index in [-0.39, 0.29) is 11.6 Å². The maximum absolute atomic E-state index is 14.3. The van der Waals surface area contributed by atoms with Gasteiger partial charge in [-0.05, 0) is 68.1 Å². The van der Waals surface area contributed by atoms with E-state index >= 15 is 0 Å². The van der Waals surface area contributed by atoms with Gasteiger partial charge >= 0.3 is 0 Å². The maximum atomic E-state index is 14.3. The smallest absolute Gasteiger partial charge is 0.129 e. The summed E-state index contributed by atoms with van der Waals surface area (Å²) < 4.78 is 28.7. The zero-order chi connectivity index (χ0) is 17.4. The summed E-state index contributed by atoms with van der Waals surface area (Å²) in [6.07, 6.45) is 13.4. The molecule has 1 aromatic carbocycles. The van der Waals surface area contributed by atoms with Gasteiger partial charge in [0.1, 0.15) is 11.6 Å². The van der Waals surface area contributed by atoms with E-state index in [1.807, 2.05) is 0 Å². The van der Waals surface area contributed by atoms with E-state index in [1.165, 1.54) is 38.5 Å². The molecule has 0 N–H and O–H groups in total. The minimum absolute atomic E-state index is 0.292. The Labute approximate surface area is 147 Å². The number of benzene rings is 1. The number of hydrogen-bond acceptors (Lipinski definition) is 0. The van der Waals surface area contributed by atoms with E-state index in [2.05, 4.69) is 13.8 Å². The van der Waals surface area contributed by atoms with Gasteiger partial charge in [0.25, 0.3) is 0 Å². The lowest BCUT2D eigenvalue weighted by Gasteiger charge is -2.29. The molecule has 136 valence electrons. The van der Waals surface area contributed by atoms with Gasteiger partial charge in [-0.2, -0.15) is 0 Å². The molecule has 0 radical (unpaired) electrons. The second kappa shape index (κ2) is 10.2. The van der Waals surface area contributed by atoms with Crippen LogP contribution in [-0.2, 0) is 6.42 Å². The molecule has 0 aromatic heterocycles. The summed E-state index contributed by atoms with van der Waals surface area (Å²) in [4.78, 5) is 0. The maximum Gasteiger partial charge on any atom is 0.129 e. The molecule has 2 heteroatoms. The fourth-order valence-electron chi connectivity index (χ4n) is 4.12. The van der Waals surface area contributed by atoms with Gasteiger partial charge in [0, 0.05) is 5.56 Å². The molecule has 0 saturated heterocycles. The Morgan fingerprint density at radius 2 is 1.42 bits per heavy atom. The SMILES string of the molecule is CCCCCc1c(F)cc([C@H]2CC[C@H](CCCCC)CC2)cc1F. The number of unbranched alkanes of at least 4 members (excludes halogenated alkanes) is 4. The Hall–Kier alpha value is -0.920. The Bertz CT molecular complexity index is 464. The first-order valence-electron chi connectivity index (χ1n) is 10.1. The van der Waals surface area contributed by atoms with Crippen LogP contribution in [0.3, 0.4) is 0 Å². The van der Waals surface area contributed by atoms with Crippen LogP contribution in [0.2, 0.25) is 0 Å². The predicted molar refractivity (Wildman–Crippen MR) is 98.4 cm³/mol. The molecule has 24 heavy (non-hydrogen) atoms. The molecular formula is C22H34F2. The molecule has 0 unspecified atom stereocenters. The first kappa shape index (κ1) is 19.4. The van der Waals surface area contributed by atoms with Crippen LogP contribution < -0.4 is 0 Å². The summed E-state index contributed by atoms with van der Waals surface area (Å²) in [5.74, 6) is 0.522. The van der Waals surface area contributed by atoms with E-state index in [0.29, 0.717) is 17.9 Å². The largest absolute Gasteiger partial charge is 0.207 e. The third-order valence-electron chi connectivity index (χ3n) is 5.73. The molecule has 1 fully saturated rings. The lowest BCUT2D eigenvalue weighted by Crippen LogP contribution is -2.14. The highest BCUT2D eigenvalue weighted by atomic mass is 19.1. The summed E-state index contributed by atoms with van der Waals surface area (Å²) in [6, 6.07) is 3.23. The van der Waals surface area contributed by atoms with Crippen molar-refractivity contribution in [2.45, 2.75) is 96.8 Å². The summed E-state index contributed by atoms with van der Waals surface area (Å²) in [6.45, 7) is 4.35. The van der Waals surface area contributed by atoms with Gasteiger partial charge in [0.15, 0.2) is 0 Å². The van der Waals surface area contributed by atoms with E-state index < -0.39 is 0 Å². The highest BCUT2D eigenvalue weighted by Gasteiger charge is 2.24. The van der Waals surface area contributed by atoms with Crippen molar-refractivity contribution in [2.75, 3.05) is 0 Å². The van der Waals surface area contributed by atoms with Crippen LogP contribution in [0.4, 0.5) is 8.78 Å². The number of rotatable bonds is 9. The third kappa shape index (κ3) is 5.57. The zero-order valence-electron chi connectivity index (χ0n) is 15.6. The van der Waals surface area contributed by atoms with Gasteiger partial charge in [-0.1, -0.05) is 52.4 Å². The molecule has 0 heterocycles. The Balaban J connectivity index is 1.91. The summed E-state index contributed by atoms with van der Waals surface area (Å²) in [7, 11) is 0. The molecule has 0 nitrogen and oxygen atoms in total. The molecule has 0 amide bonds. The first-order chi connectivity index (χ1) is 11.7. The second-order valence-electron chi connectivity index (χ2n) is 7.63. The monoisotopic (exact) mass is 336 g/mol. The van der Waals surface area contributed by atoms with E-state index in [0.717, 1.165) is 43.6 Å². The molecule has 1 saturated carbocycles. The van der Waals surface area contributed by atoms with Crippen LogP contribution in [0.1, 0.15) is 102 Å². The standard InChI is InChI=1S/C22H34F2/c1-3-5-7-9-17-11-13-18(14-12-17)19-15-21(23)20(22(24)16-19)10-8-6-4-2/h15-18H,3-14H2,1-2H3/t17-,18-. The zero-order valence-corrected chi connectivity index (χ0v) is 15.6. The molecule has 0 atom stereocenters. The number of hydrogen-bond donors (Lipinski definition) is 0. The van der Waals surface area contributed by atoms with Gasteiger partial charge in [-0.15, -0.1) is 0 Å². The van der Waals surface area contributed by atoms with E-state index in [9.17, 15) is 8.78 Å². The van der Waals surface area contributed by atoms with Gasteiger partial charge in [0.05, 0.1) is 0 Å². The van der Waals surface area contributed by atoms with Crippen molar-refractivity contribution in [2.24, 2.45) is 5.92 Å². The van der Waals surface area contributed by atoms with Crippen molar-refractivity contribution in [3.63, 3.8) is 0 Å². The quantitative estimate of drug-likeness (QED) is 0.408. The third-order valence-corrected chi connectivity index (χ3v) is 5.73. The molecule has 1 aromatic rings. The molecule has 0 aliphatic heterocycles. The van der Waals surface area contributed by atoms with Crippen LogP contribution >= 0.6 is 0 Å². The molecule has 0 spiro atoms. The average molecular weight is 337 g/mol. The summed E-state index contributed by atoms with van der Waals surface area (Å²) >= 11 is 0. The van der Waals surface area contributed by atoms with Crippen molar-refractivity contribution in [3.8, 4) is 0 Å². The van der Waals surface area contributed by atoms with Crippen molar-refractivity contribution >= 4 is 0 Å². The Morgan fingerprint density at radius 1 is 0.833 bits per heavy atom. The van der Waals surface area contributed by atoms with Crippen molar-refractivity contribution in [1.82, 2.24) is 0 Å². The molecule has 0 bridgehead atoms. The molecule has 2 rings (SSSR count). The minimum atomic E-state index is -0.328. The fourth-order valence-corrected chi connectivity index (χ4v) is 4.12. The highest BCUT2D eigenvalue weighted by molar-refractivity contribution is 5.29. The topological polar surface area (TPSA) is 0 Å². The van der Waals surface area contributed by atoms with Crippen LogP contribution in [-0.4, -0.2) is 0 Å².